The van der Waals surface area contributed by atoms with Crippen LogP contribution in [-0.4, -0.2) is 154 Å². The molecule has 3 aliphatic rings. The molecule has 2 fully saturated rings. The fourth-order valence-electron chi connectivity index (χ4n) is 8.02. The van der Waals surface area contributed by atoms with E-state index in [0.29, 0.717) is 13.2 Å². The summed E-state index contributed by atoms with van der Waals surface area (Å²) in [6.45, 7) is 13.3. The molecular weight excluding hydrogens is 816 g/mol. The Morgan fingerprint density at radius 3 is 2.17 bits per heavy atom. The minimum absolute atomic E-state index is 0.0627. The number of carboxylic acid groups (broad SMARTS) is 1. The lowest BCUT2D eigenvalue weighted by atomic mass is 9.87. The molecule has 3 aliphatic heterocycles. The van der Waals surface area contributed by atoms with Crippen LogP contribution < -0.4 is 4.90 Å². The highest BCUT2D eigenvalue weighted by Gasteiger charge is 2.48. The van der Waals surface area contributed by atoms with Gasteiger partial charge < -0.3 is 34.8 Å². The number of ether oxygens (including phenoxy) is 1. The summed E-state index contributed by atoms with van der Waals surface area (Å²) in [5, 5.41) is 39.9. The van der Waals surface area contributed by atoms with Gasteiger partial charge in [-0.05, 0) is 47.2 Å². The van der Waals surface area contributed by atoms with Gasteiger partial charge in [-0.25, -0.2) is 14.2 Å². The van der Waals surface area contributed by atoms with Gasteiger partial charge in [-0.3, -0.25) is 34.5 Å². The lowest BCUT2D eigenvalue weighted by Crippen LogP contribution is -2.64. The van der Waals surface area contributed by atoms with Crippen molar-refractivity contribution in [1.82, 2.24) is 24.6 Å². The molecule has 2 saturated heterocycles. The molecule has 17 nitrogen and oxygen atoms in total. The predicted molar refractivity (Wildman–Crippen MR) is 237 cm³/mol. The van der Waals surface area contributed by atoms with E-state index in [9.17, 15) is 39.1 Å². The summed E-state index contributed by atoms with van der Waals surface area (Å²) in [6, 6.07) is 12.1. The molecule has 0 spiro atoms. The Balaban J connectivity index is 0.000000238. The number of amides is 3. The van der Waals surface area contributed by atoms with Crippen molar-refractivity contribution in [1.29, 1.82) is 0 Å². The summed E-state index contributed by atoms with van der Waals surface area (Å²) >= 11 is 0. The first-order chi connectivity index (χ1) is 29.9. The van der Waals surface area contributed by atoms with Crippen molar-refractivity contribution in [2.24, 2.45) is 4.99 Å². The van der Waals surface area contributed by atoms with E-state index in [1.165, 1.54) is 42.3 Å². The minimum atomic E-state index is -1.16. The third kappa shape index (κ3) is 11.8. The van der Waals surface area contributed by atoms with Gasteiger partial charge in [0.2, 0.25) is 0 Å². The van der Waals surface area contributed by atoms with Crippen LogP contribution in [0.1, 0.15) is 74.9 Å². The zero-order valence-electron chi connectivity index (χ0n) is 36.9. The number of aliphatic hydroxyl groups is 2. The second-order valence-corrected chi connectivity index (χ2v) is 16.6. The topological polar surface area (TPSA) is 206 Å². The number of hydrogen-bond acceptors (Lipinski definition) is 13. The third-order valence-corrected chi connectivity index (χ3v) is 11.4. The van der Waals surface area contributed by atoms with E-state index in [1.54, 1.807) is 50.8 Å². The Morgan fingerprint density at radius 1 is 0.968 bits per heavy atom. The number of piperazine rings is 1. The van der Waals surface area contributed by atoms with E-state index >= 15 is 0 Å². The largest absolute Gasteiger partial charge is 0.481 e. The number of urea groups is 1. The molecule has 1 aromatic heterocycles. The fourth-order valence-corrected chi connectivity index (χ4v) is 8.02. The molecule has 2 aromatic carbocycles. The summed E-state index contributed by atoms with van der Waals surface area (Å²) in [7, 11) is 4.78. The molecule has 0 aliphatic carbocycles. The minimum Gasteiger partial charge on any atom is -0.481 e. The Morgan fingerprint density at radius 2 is 1.60 bits per heavy atom. The van der Waals surface area contributed by atoms with Crippen LogP contribution in [0.4, 0.5) is 20.6 Å². The van der Waals surface area contributed by atoms with Gasteiger partial charge in [-0.1, -0.05) is 52.0 Å². The highest BCUT2D eigenvalue weighted by molar-refractivity contribution is 6.01. The van der Waals surface area contributed by atoms with Gasteiger partial charge in [0.05, 0.1) is 42.2 Å². The van der Waals surface area contributed by atoms with Gasteiger partial charge >= 0.3 is 12.0 Å². The number of halogens is 1. The normalized spacial score (nSPS) is 18.9. The number of non-ortho nitro benzene ring substituents is 1. The average Bonchev–Trinajstić information content (AvgIpc) is 3.68. The summed E-state index contributed by atoms with van der Waals surface area (Å²) in [5.41, 5.74) is 6.13. The number of anilines is 1. The number of carbonyl (C=O) groups excluding carboxylic acids is 2. The van der Waals surface area contributed by atoms with Crippen molar-refractivity contribution in [2.75, 3.05) is 65.4 Å². The van der Waals surface area contributed by atoms with E-state index in [2.05, 4.69) is 28.6 Å². The molecule has 6 rings (SSSR count). The van der Waals surface area contributed by atoms with E-state index in [1.807, 2.05) is 18.7 Å². The Bertz CT molecular complexity index is 2140. The molecule has 3 amide bonds. The van der Waals surface area contributed by atoms with E-state index in [4.69, 9.17) is 14.8 Å². The number of likely N-dealkylation sites (N-methyl/N-ethyl adjacent to an activating group) is 2. The number of nitro groups is 1. The molecule has 3 N–H and O–H groups in total. The monoisotopic (exact) mass is 874 g/mol. The maximum atomic E-state index is 13.7. The number of aliphatic imine (C=N–C) groups is 1. The van der Waals surface area contributed by atoms with Gasteiger partial charge in [0.25, 0.3) is 11.6 Å². The van der Waals surface area contributed by atoms with E-state index in [-0.39, 0.29) is 41.7 Å². The maximum absolute atomic E-state index is 13.7. The van der Waals surface area contributed by atoms with E-state index < -0.39 is 41.7 Å². The van der Waals surface area contributed by atoms with Crippen molar-refractivity contribution >= 4 is 41.7 Å². The summed E-state index contributed by atoms with van der Waals surface area (Å²) in [6.07, 6.45) is 1.77. The van der Waals surface area contributed by atoms with Crippen LogP contribution in [-0.2, 0) is 20.9 Å². The maximum Gasteiger partial charge on any atom is 0.328 e. The molecule has 3 aromatic rings. The summed E-state index contributed by atoms with van der Waals surface area (Å²) in [5.74, 6) is -1.50. The number of benzene rings is 2. The van der Waals surface area contributed by atoms with Crippen molar-refractivity contribution in [3.8, 4) is 11.1 Å². The van der Waals surface area contributed by atoms with Crippen LogP contribution in [0.25, 0.3) is 17.2 Å². The molecule has 0 radical (unpaired) electrons. The van der Waals surface area contributed by atoms with Crippen molar-refractivity contribution < 1.29 is 43.8 Å². The first kappa shape index (κ1) is 48.2. The van der Waals surface area contributed by atoms with Crippen LogP contribution in [0.2, 0.25) is 0 Å². The fraction of sp³-hybridized carbons (Fsp3) is 0.489. The number of pyridine rings is 1. The van der Waals surface area contributed by atoms with Crippen LogP contribution in [0.3, 0.4) is 0 Å². The van der Waals surface area contributed by atoms with Crippen molar-refractivity contribution in [3.05, 3.63) is 93.1 Å². The van der Waals surface area contributed by atoms with E-state index in [0.717, 1.165) is 77.0 Å². The Hall–Kier alpha value is -5.82. The number of carbonyl (C=O) groups is 3. The van der Waals surface area contributed by atoms with Gasteiger partial charge in [-0.2, -0.15) is 0 Å². The quantitative estimate of drug-likeness (QED) is 0.126. The number of nitro benzene ring substituents is 1. The Kier molecular flexibility index (Phi) is 16.5. The zero-order valence-corrected chi connectivity index (χ0v) is 36.9. The van der Waals surface area contributed by atoms with Gasteiger partial charge in [0.1, 0.15) is 5.82 Å². The predicted octanol–water partition coefficient (Wildman–Crippen LogP) is 5.16. The number of imide groups is 1. The molecular formula is C45H59FN8O9. The molecule has 0 bridgehead atoms. The SMILES string of the molecule is CN1C(=O)C2C(N=CN2CCN2CCN(c3ccc([N+](=O)[O-])cc3)CC2)N(C)C1=O.COCc1c(C(C)C)nc(C(C)C)c(/C=C/[C@@H](O)C[C@@H](O)CC(=O)O)c1-c1ccc(F)cc1. The highest BCUT2D eigenvalue weighted by Crippen LogP contribution is 2.38. The molecule has 2 unspecified atom stereocenters. The number of methoxy groups -OCH3 is 1. The number of aliphatic hydroxyl groups excluding tert-OH is 2. The molecule has 4 heterocycles. The van der Waals surface area contributed by atoms with Crippen LogP contribution in [0.15, 0.2) is 59.6 Å². The number of rotatable bonds is 16. The third-order valence-electron chi connectivity index (χ3n) is 11.4. The highest BCUT2D eigenvalue weighted by atomic mass is 19.1. The van der Waals surface area contributed by atoms with Crippen molar-refractivity contribution in [3.63, 3.8) is 0 Å². The summed E-state index contributed by atoms with van der Waals surface area (Å²) in [4.78, 5) is 64.3. The summed E-state index contributed by atoms with van der Waals surface area (Å²) < 4.78 is 19.2. The lowest BCUT2D eigenvalue weighted by Gasteiger charge is -2.40. The first-order valence-corrected chi connectivity index (χ1v) is 21.0. The molecule has 340 valence electrons. The molecule has 0 saturated carbocycles. The number of hydrogen-bond donors (Lipinski definition) is 3. The zero-order chi connectivity index (χ0) is 46.1. The smallest absolute Gasteiger partial charge is 0.328 e. The number of fused-ring (bicyclic) bond motifs is 1. The van der Waals surface area contributed by atoms with Gasteiger partial charge in [0.15, 0.2) is 12.2 Å². The molecule has 4 atom stereocenters. The number of aliphatic carboxylic acids is 1. The first-order valence-electron chi connectivity index (χ1n) is 21.0. The van der Waals surface area contributed by atoms with Crippen LogP contribution >= 0.6 is 0 Å². The number of nitrogens with zero attached hydrogens (tertiary/aromatic N) is 8. The van der Waals surface area contributed by atoms with Gasteiger partial charge in [-0.15, -0.1) is 0 Å². The second-order valence-electron chi connectivity index (χ2n) is 16.6. The average molecular weight is 875 g/mol. The standard InChI is InChI=1S/C26H34FNO5.C19H25N7O4/c1-15(2)25-21(11-10-19(29)12-20(30)13-23(31)32)24(17-6-8-18(27)9-7-17)22(14-33-5)26(28-25)16(3)4;1-21-17-16(18(27)22(2)19(21)28)25(13-20-17)12-9-23-7-10-24(11-8-23)14-3-5-15(6-4-14)26(29)30/h6-11,15-16,19-20,29-30H,12-14H2,1-5H3,(H,31,32);3-6,13,16-17H,7-12H2,1-2H3/b11-10+;/t19-,20-;/m1./s1. The number of carboxylic acids is 1. The Labute approximate surface area is 367 Å². The molecule has 18 heteroatoms. The van der Waals surface area contributed by atoms with Crippen molar-refractivity contribution in [2.45, 2.75) is 83.4 Å². The number of aromatic nitrogens is 1. The van der Waals surface area contributed by atoms with Crippen LogP contribution in [0, 0.1) is 15.9 Å². The van der Waals surface area contributed by atoms with Gasteiger partial charge in [0, 0.05) is 102 Å². The lowest BCUT2D eigenvalue weighted by molar-refractivity contribution is -0.384. The molecule has 63 heavy (non-hydrogen) atoms. The van der Waals surface area contributed by atoms with Crippen LogP contribution in [0.5, 0.6) is 0 Å². The second kappa shape index (κ2) is 21.5.